The van der Waals surface area contributed by atoms with Gasteiger partial charge in [0, 0.05) is 6.54 Å². The van der Waals surface area contributed by atoms with Crippen LogP contribution in [0, 0.1) is 6.92 Å². The Morgan fingerprint density at radius 1 is 0.690 bits per heavy atom. The molecule has 0 heterocycles. The van der Waals surface area contributed by atoms with Crippen LogP contribution in [-0.2, 0) is 14.3 Å². The van der Waals surface area contributed by atoms with E-state index in [2.05, 4.69) is 55.1 Å². The van der Waals surface area contributed by atoms with Crippen LogP contribution in [0.4, 0.5) is 0 Å². The molecule has 0 N–H and O–H groups in total. The molecule has 0 fully saturated rings. The largest absolute Gasteiger partial charge is 0.492 e. The quantitative estimate of drug-likeness (QED) is 0.0810. The van der Waals surface area contributed by atoms with E-state index in [-0.39, 0.29) is 11.5 Å². The average molecular weight is 584 g/mol. The normalized spacial score (nSPS) is 12.3. The maximum atomic E-state index is 12.8. The summed E-state index contributed by atoms with van der Waals surface area (Å²) < 4.78 is 37.0. The van der Waals surface area contributed by atoms with E-state index >= 15 is 0 Å². The summed E-state index contributed by atoms with van der Waals surface area (Å²) in [7, 11) is -3.82. The Morgan fingerprint density at radius 2 is 1.26 bits per heavy atom. The third kappa shape index (κ3) is 8.65. The first-order chi connectivity index (χ1) is 20.4. The Balaban J connectivity index is 1.60. The zero-order valence-electron chi connectivity index (χ0n) is 24.8. The number of nitrogens with zero attached hydrogens (tertiary/aromatic N) is 1. The minimum atomic E-state index is -3.82. The fourth-order valence-electron chi connectivity index (χ4n) is 4.91. The lowest BCUT2D eigenvalue weighted by atomic mass is 9.87. The summed E-state index contributed by atoms with van der Waals surface area (Å²) in [5.41, 5.74) is 6.51. The first kappa shape index (κ1) is 31.2. The van der Waals surface area contributed by atoms with Crippen LogP contribution in [-0.4, -0.2) is 46.2 Å². The molecule has 0 amide bonds. The minimum absolute atomic E-state index is 0.0912. The van der Waals surface area contributed by atoms with E-state index in [0.717, 1.165) is 58.8 Å². The lowest BCUT2D eigenvalue weighted by Gasteiger charge is -2.19. The molecule has 0 atom stereocenters. The summed E-state index contributed by atoms with van der Waals surface area (Å²) in [5, 5.41) is 0. The van der Waals surface area contributed by atoms with Crippen molar-refractivity contribution in [3.05, 3.63) is 131 Å². The van der Waals surface area contributed by atoms with Crippen LogP contribution < -0.4 is 4.74 Å². The highest BCUT2D eigenvalue weighted by atomic mass is 32.2. The standard InChI is InChI=1S/C36H41NO4S/c1-4-37(5-2)26-28-40-33-22-20-32(21-23-33)36(31-15-10-7-11-16-31)35(30-13-8-6-9-14-30)17-12-27-41-42(38,39)34-24-18-29(3)19-25-34/h6-11,13-16,18-25H,4-5,12,17,26-28H2,1-3H3/b36-35+. The van der Waals surface area contributed by atoms with Crippen molar-refractivity contribution in [2.24, 2.45) is 0 Å². The Labute approximate surface area is 251 Å². The van der Waals surface area contributed by atoms with Crippen molar-refractivity contribution >= 4 is 21.3 Å². The van der Waals surface area contributed by atoms with Crippen molar-refractivity contribution in [1.29, 1.82) is 0 Å². The molecule has 4 aromatic rings. The molecule has 0 aliphatic carbocycles. The molecule has 0 saturated heterocycles. The van der Waals surface area contributed by atoms with Crippen molar-refractivity contribution in [2.75, 3.05) is 32.8 Å². The van der Waals surface area contributed by atoms with Crippen molar-refractivity contribution in [1.82, 2.24) is 4.90 Å². The lowest BCUT2D eigenvalue weighted by Crippen LogP contribution is -2.27. The van der Waals surface area contributed by atoms with Crippen LogP contribution in [0.5, 0.6) is 5.75 Å². The average Bonchev–Trinajstić information content (AvgIpc) is 3.02. The summed E-state index contributed by atoms with van der Waals surface area (Å²) in [5.74, 6) is 0.842. The SMILES string of the molecule is CCN(CC)CCOc1ccc(/C(=C(\CCCOS(=O)(=O)c2ccc(C)cc2)c2ccccc2)c2ccccc2)cc1. The predicted octanol–water partition coefficient (Wildman–Crippen LogP) is 7.86. The third-order valence-corrected chi connectivity index (χ3v) is 8.65. The highest BCUT2D eigenvalue weighted by Crippen LogP contribution is 2.36. The number of allylic oxidation sites excluding steroid dienone is 1. The maximum Gasteiger partial charge on any atom is 0.296 e. The predicted molar refractivity (Wildman–Crippen MR) is 172 cm³/mol. The fraction of sp³-hybridized carbons (Fsp3) is 0.278. The first-order valence-corrected chi connectivity index (χ1v) is 16.1. The minimum Gasteiger partial charge on any atom is -0.492 e. The van der Waals surface area contributed by atoms with E-state index in [1.807, 2.05) is 55.5 Å². The highest BCUT2D eigenvalue weighted by Gasteiger charge is 2.17. The van der Waals surface area contributed by atoms with E-state index in [9.17, 15) is 8.42 Å². The van der Waals surface area contributed by atoms with Gasteiger partial charge in [0.25, 0.3) is 10.1 Å². The van der Waals surface area contributed by atoms with Gasteiger partial charge in [-0.3, -0.25) is 4.18 Å². The second-order valence-electron chi connectivity index (χ2n) is 10.2. The van der Waals surface area contributed by atoms with Crippen LogP contribution in [0.2, 0.25) is 0 Å². The van der Waals surface area contributed by atoms with Crippen LogP contribution in [0.3, 0.4) is 0 Å². The Kier molecular flexibility index (Phi) is 11.5. The molecule has 0 aliphatic heterocycles. The Bertz CT molecular complexity index is 1510. The zero-order valence-corrected chi connectivity index (χ0v) is 25.6. The number of rotatable bonds is 15. The number of aryl methyl sites for hydroxylation is 1. The highest BCUT2D eigenvalue weighted by molar-refractivity contribution is 7.86. The molecule has 0 saturated carbocycles. The first-order valence-electron chi connectivity index (χ1n) is 14.7. The van der Waals surface area contributed by atoms with Crippen molar-refractivity contribution in [3.63, 3.8) is 0 Å². The van der Waals surface area contributed by atoms with Gasteiger partial charge in [-0.2, -0.15) is 8.42 Å². The molecular formula is C36H41NO4S. The van der Waals surface area contributed by atoms with E-state index in [4.69, 9.17) is 8.92 Å². The van der Waals surface area contributed by atoms with Crippen LogP contribution >= 0.6 is 0 Å². The summed E-state index contributed by atoms with van der Waals surface area (Å²) in [6.45, 7) is 9.89. The zero-order chi connectivity index (χ0) is 29.8. The number of ether oxygens (including phenoxy) is 1. The van der Waals surface area contributed by atoms with Gasteiger partial charge in [-0.15, -0.1) is 0 Å². The van der Waals surface area contributed by atoms with E-state index < -0.39 is 10.1 Å². The number of hydrogen-bond donors (Lipinski definition) is 0. The van der Waals surface area contributed by atoms with Crippen molar-refractivity contribution in [2.45, 2.75) is 38.5 Å². The molecule has 0 radical (unpaired) electrons. The summed E-state index contributed by atoms with van der Waals surface area (Å²) >= 11 is 0. The van der Waals surface area contributed by atoms with E-state index in [0.29, 0.717) is 19.4 Å². The topological polar surface area (TPSA) is 55.8 Å². The molecule has 5 nitrogen and oxygen atoms in total. The molecule has 0 bridgehead atoms. The molecule has 0 aliphatic rings. The van der Waals surface area contributed by atoms with Crippen molar-refractivity contribution < 1.29 is 17.3 Å². The second kappa shape index (κ2) is 15.5. The van der Waals surface area contributed by atoms with E-state index in [1.54, 1.807) is 24.3 Å². The monoisotopic (exact) mass is 583 g/mol. The number of likely N-dealkylation sites (N-methyl/N-ethyl adjacent to an activating group) is 1. The van der Waals surface area contributed by atoms with E-state index in [1.165, 1.54) is 0 Å². The van der Waals surface area contributed by atoms with Crippen LogP contribution in [0.25, 0.3) is 11.1 Å². The van der Waals surface area contributed by atoms with Gasteiger partial charge in [-0.25, -0.2) is 0 Å². The van der Waals surface area contributed by atoms with Gasteiger partial charge in [0.15, 0.2) is 0 Å². The van der Waals surface area contributed by atoms with Gasteiger partial charge in [-0.05, 0) is 85.0 Å². The Hall–Kier alpha value is -3.71. The third-order valence-electron chi connectivity index (χ3n) is 7.32. The summed E-state index contributed by atoms with van der Waals surface area (Å²) in [4.78, 5) is 2.52. The van der Waals surface area contributed by atoms with Gasteiger partial charge >= 0.3 is 0 Å². The lowest BCUT2D eigenvalue weighted by molar-refractivity contribution is 0.223. The van der Waals surface area contributed by atoms with Crippen molar-refractivity contribution in [3.8, 4) is 5.75 Å². The van der Waals surface area contributed by atoms with Gasteiger partial charge in [-0.1, -0.05) is 104 Å². The molecule has 6 heteroatoms. The molecule has 220 valence electrons. The van der Waals surface area contributed by atoms with Gasteiger partial charge in [0.2, 0.25) is 0 Å². The summed E-state index contributed by atoms with van der Waals surface area (Å²) in [6.07, 6.45) is 1.18. The summed E-state index contributed by atoms with van der Waals surface area (Å²) in [6, 6.07) is 35.6. The molecule has 4 rings (SSSR count). The van der Waals surface area contributed by atoms with Gasteiger partial charge in [0.1, 0.15) is 12.4 Å². The van der Waals surface area contributed by atoms with Crippen LogP contribution in [0.1, 0.15) is 48.9 Å². The number of benzene rings is 4. The second-order valence-corrected chi connectivity index (χ2v) is 11.8. The van der Waals surface area contributed by atoms with Gasteiger partial charge in [0.05, 0.1) is 11.5 Å². The molecule has 42 heavy (non-hydrogen) atoms. The smallest absolute Gasteiger partial charge is 0.296 e. The van der Waals surface area contributed by atoms with Crippen LogP contribution in [0.15, 0.2) is 114 Å². The molecular weight excluding hydrogens is 542 g/mol. The maximum absolute atomic E-state index is 12.8. The molecule has 0 unspecified atom stereocenters. The molecule has 0 spiro atoms. The fourth-order valence-corrected chi connectivity index (χ4v) is 5.86. The number of hydrogen-bond acceptors (Lipinski definition) is 5. The van der Waals surface area contributed by atoms with Gasteiger partial charge < -0.3 is 9.64 Å². The Morgan fingerprint density at radius 3 is 1.86 bits per heavy atom. The molecule has 0 aromatic heterocycles. The molecule has 4 aromatic carbocycles.